The molecule has 0 atom stereocenters. The minimum atomic E-state index is -2.38. The van der Waals surface area contributed by atoms with E-state index in [1.165, 1.54) is 0 Å². The molecule has 0 N–H and O–H groups in total. The zero-order valence-electron chi connectivity index (χ0n) is 36.9. The number of rotatable bonds is 6. The first-order valence-corrected chi connectivity index (χ1v) is 19.2. The molecular weight excluding hydrogens is 661 g/mol. The molecule has 5 nitrogen and oxygen atoms in total. The van der Waals surface area contributed by atoms with Crippen molar-refractivity contribution in [3.05, 3.63) is 119 Å². The van der Waals surface area contributed by atoms with E-state index in [0.717, 1.165) is 83.8 Å². The minimum Gasteiger partial charge on any atom is -0.454 e. The summed E-state index contributed by atoms with van der Waals surface area (Å²) >= 11 is 0. The van der Waals surface area contributed by atoms with Crippen molar-refractivity contribution in [2.75, 3.05) is 0 Å². The third-order valence-electron chi connectivity index (χ3n) is 10.4. The van der Waals surface area contributed by atoms with Crippen molar-refractivity contribution in [2.24, 2.45) is 7.05 Å². The second-order valence-corrected chi connectivity index (χ2v) is 17.5. The van der Waals surface area contributed by atoms with Crippen LogP contribution in [0.1, 0.15) is 119 Å². The van der Waals surface area contributed by atoms with Crippen LogP contribution in [-0.2, 0) is 17.9 Å². The fourth-order valence-corrected chi connectivity index (χ4v) is 7.44. The maximum absolute atomic E-state index is 8.86. The Morgan fingerprint density at radius 1 is 0.630 bits per heavy atom. The molecular formula is C49H55N4O+. The SMILES string of the molecule is [2H]C([2H])([2H])c1c[n+](C)c(-c2c(C)ccc3c2oc2c(-c4ccccc4)cccc23)cc1-c1c(C(C)C)cc(-c2nc(C(C)(C)C)nc(C(C)(C)C)n2)cc1C(C)C. The monoisotopic (exact) mass is 718 g/mol. The van der Waals surface area contributed by atoms with E-state index in [1.807, 2.05) is 29.8 Å². The molecule has 276 valence electrons. The lowest BCUT2D eigenvalue weighted by atomic mass is 9.82. The van der Waals surface area contributed by atoms with E-state index in [1.54, 1.807) is 6.20 Å². The van der Waals surface area contributed by atoms with Crippen LogP contribution in [0.15, 0.2) is 89.5 Å². The Bertz CT molecular complexity index is 2600. The van der Waals surface area contributed by atoms with E-state index in [0.29, 0.717) is 17.0 Å². The number of benzene rings is 4. The van der Waals surface area contributed by atoms with Crippen LogP contribution >= 0.6 is 0 Å². The summed E-state index contributed by atoms with van der Waals surface area (Å²) in [5.74, 6) is 2.24. The van der Waals surface area contributed by atoms with Crippen molar-refractivity contribution in [2.45, 2.75) is 106 Å². The predicted molar refractivity (Wildman–Crippen MR) is 225 cm³/mol. The number of aryl methyl sites for hydroxylation is 3. The van der Waals surface area contributed by atoms with Crippen LogP contribution < -0.4 is 4.57 Å². The van der Waals surface area contributed by atoms with Crippen molar-refractivity contribution in [3.8, 4) is 44.9 Å². The van der Waals surface area contributed by atoms with Crippen molar-refractivity contribution in [1.29, 1.82) is 0 Å². The molecule has 0 aliphatic heterocycles. The van der Waals surface area contributed by atoms with Gasteiger partial charge in [-0.1, -0.05) is 130 Å². The number of para-hydroxylation sites is 1. The van der Waals surface area contributed by atoms with Crippen LogP contribution in [0.3, 0.4) is 0 Å². The van der Waals surface area contributed by atoms with Gasteiger partial charge in [-0.2, -0.15) is 0 Å². The molecule has 0 saturated heterocycles. The lowest BCUT2D eigenvalue weighted by Gasteiger charge is -2.25. The molecule has 0 radical (unpaired) electrons. The Kier molecular flexibility index (Phi) is 8.42. The average molecular weight is 719 g/mol. The third kappa shape index (κ3) is 6.63. The molecule has 0 saturated carbocycles. The lowest BCUT2D eigenvalue weighted by molar-refractivity contribution is -0.660. The van der Waals surface area contributed by atoms with Crippen LogP contribution in [0.25, 0.3) is 66.8 Å². The molecule has 0 amide bonds. The molecule has 3 aromatic heterocycles. The van der Waals surface area contributed by atoms with Crippen molar-refractivity contribution in [3.63, 3.8) is 0 Å². The summed E-state index contributed by atoms with van der Waals surface area (Å²) < 4.78 is 35.4. The van der Waals surface area contributed by atoms with Crippen molar-refractivity contribution < 1.29 is 13.1 Å². The normalized spacial score (nSPS) is 13.6. The molecule has 0 spiro atoms. The Morgan fingerprint density at radius 3 is 1.81 bits per heavy atom. The fourth-order valence-electron chi connectivity index (χ4n) is 7.44. The standard InChI is InChI=1S/C49H55N4O/c1-28(2)37-24-33(45-50-46(48(7,8)9)52-47(51-45)49(10,11)12)25-38(29(3)4)42(37)39-26-40(53(13)27-31(39)6)41-30(5)22-23-36-35-21-17-20-34(43(35)54-44(36)41)32-18-15-14-16-19-32/h14-29H,1-13H3/q+1/i6D3. The van der Waals surface area contributed by atoms with E-state index in [9.17, 15) is 0 Å². The minimum absolute atomic E-state index is 0.0577. The molecule has 0 aliphatic carbocycles. The quantitative estimate of drug-likeness (QED) is 0.161. The Hall–Kier alpha value is -5.16. The average Bonchev–Trinajstić information content (AvgIpc) is 3.52. The first kappa shape index (κ1) is 33.4. The van der Waals surface area contributed by atoms with E-state index in [2.05, 4.69) is 137 Å². The van der Waals surface area contributed by atoms with Gasteiger partial charge in [0.15, 0.2) is 12.0 Å². The number of aromatic nitrogens is 4. The number of hydrogen-bond acceptors (Lipinski definition) is 4. The van der Waals surface area contributed by atoms with Gasteiger partial charge in [0.05, 0.1) is 5.56 Å². The molecule has 5 heteroatoms. The highest BCUT2D eigenvalue weighted by atomic mass is 16.3. The third-order valence-corrected chi connectivity index (χ3v) is 10.4. The summed E-state index contributed by atoms with van der Waals surface area (Å²) in [6.07, 6.45) is 1.80. The van der Waals surface area contributed by atoms with Gasteiger partial charge in [0.2, 0.25) is 5.69 Å². The number of nitrogens with zero attached hydrogens (tertiary/aromatic N) is 4. The number of hydrogen-bond donors (Lipinski definition) is 0. The van der Waals surface area contributed by atoms with Crippen molar-refractivity contribution >= 4 is 21.9 Å². The molecule has 0 aliphatic rings. The van der Waals surface area contributed by atoms with Crippen LogP contribution in [0.2, 0.25) is 0 Å². The maximum Gasteiger partial charge on any atom is 0.216 e. The number of pyridine rings is 1. The summed E-state index contributed by atoms with van der Waals surface area (Å²) in [6.45, 7) is 21.1. The van der Waals surface area contributed by atoms with Crippen LogP contribution in [-0.4, -0.2) is 15.0 Å². The summed E-state index contributed by atoms with van der Waals surface area (Å²) in [6, 6.07) is 27.3. The summed E-state index contributed by atoms with van der Waals surface area (Å²) in [4.78, 5) is 15.1. The Morgan fingerprint density at radius 2 is 1.24 bits per heavy atom. The zero-order valence-corrected chi connectivity index (χ0v) is 33.9. The van der Waals surface area contributed by atoms with Gasteiger partial charge in [-0.05, 0) is 71.1 Å². The fraction of sp³-hybridized carbons (Fsp3) is 0.347. The lowest BCUT2D eigenvalue weighted by Crippen LogP contribution is -2.31. The number of furan rings is 1. The van der Waals surface area contributed by atoms with Crippen molar-refractivity contribution in [1.82, 2.24) is 15.0 Å². The van der Waals surface area contributed by atoms with Crippen LogP contribution in [0.4, 0.5) is 0 Å². The largest absolute Gasteiger partial charge is 0.454 e. The predicted octanol–water partition coefficient (Wildman–Crippen LogP) is 12.7. The topological polar surface area (TPSA) is 55.7 Å². The van der Waals surface area contributed by atoms with E-state index >= 15 is 0 Å². The van der Waals surface area contributed by atoms with E-state index in [4.69, 9.17) is 23.5 Å². The highest BCUT2D eigenvalue weighted by Gasteiger charge is 2.29. The molecule has 3 heterocycles. The molecule has 4 aromatic carbocycles. The van der Waals surface area contributed by atoms with Gasteiger partial charge in [-0.25, -0.2) is 19.5 Å². The first-order chi connectivity index (χ1) is 26.6. The highest BCUT2D eigenvalue weighted by Crippen LogP contribution is 2.44. The molecule has 0 unspecified atom stereocenters. The van der Waals surface area contributed by atoms with Gasteiger partial charge >= 0.3 is 0 Å². The highest BCUT2D eigenvalue weighted by molar-refractivity contribution is 6.13. The van der Waals surface area contributed by atoms with Gasteiger partial charge in [-0.15, -0.1) is 0 Å². The van der Waals surface area contributed by atoms with Gasteiger partial charge in [0.1, 0.15) is 29.9 Å². The van der Waals surface area contributed by atoms with Gasteiger partial charge in [-0.3, -0.25) is 0 Å². The van der Waals surface area contributed by atoms with E-state index in [-0.39, 0.29) is 22.7 Å². The summed E-state index contributed by atoms with van der Waals surface area (Å²) in [5.41, 5.74) is 10.9. The van der Waals surface area contributed by atoms with E-state index < -0.39 is 6.85 Å². The molecule has 7 aromatic rings. The second-order valence-electron chi connectivity index (χ2n) is 17.5. The first-order valence-electron chi connectivity index (χ1n) is 20.7. The van der Waals surface area contributed by atoms with Gasteiger partial charge < -0.3 is 4.42 Å². The molecule has 54 heavy (non-hydrogen) atoms. The summed E-state index contributed by atoms with van der Waals surface area (Å²) in [7, 11) is 1.93. The van der Waals surface area contributed by atoms with Gasteiger partial charge in [0, 0.05) is 48.5 Å². The Balaban J connectivity index is 1.53. The number of fused-ring (bicyclic) bond motifs is 3. The Labute approximate surface area is 325 Å². The molecule has 0 bridgehead atoms. The van der Waals surface area contributed by atoms with Crippen LogP contribution in [0.5, 0.6) is 0 Å². The zero-order chi connectivity index (χ0) is 41.4. The summed E-state index contributed by atoms with van der Waals surface area (Å²) in [5, 5.41) is 2.05. The molecule has 0 fully saturated rings. The van der Waals surface area contributed by atoms with Gasteiger partial charge in [0.25, 0.3) is 0 Å². The maximum atomic E-state index is 8.86. The van der Waals surface area contributed by atoms with Crippen LogP contribution in [0, 0.1) is 13.8 Å². The molecule has 7 rings (SSSR count). The second kappa shape index (κ2) is 13.6. The smallest absolute Gasteiger partial charge is 0.216 e.